The van der Waals surface area contributed by atoms with E-state index in [1.807, 2.05) is 0 Å². The lowest BCUT2D eigenvalue weighted by atomic mass is 9.98. The predicted molar refractivity (Wildman–Crippen MR) is 98.3 cm³/mol. The zero-order chi connectivity index (χ0) is 18.8. The second kappa shape index (κ2) is 6.80. The van der Waals surface area contributed by atoms with Crippen molar-refractivity contribution < 1.29 is 9.18 Å². The van der Waals surface area contributed by atoms with Gasteiger partial charge in [0.2, 0.25) is 0 Å². The van der Waals surface area contributed by atoms with E-state index in [1.165, 1.54) is 18.3 Å². The molecule has 134 valence electrons. The molecule has 3 rings (SSSR count). The van der Waals surface area contributed by atoms with Crippen molar-refractivity contribution in [2.75, 3.05) is 18.1 Å². The van der Waals surface area contributed by atoms with Gasteiger partial charge in [0, 0.05) is 18.3 Å². The lowest BCUT2D eigenvalue weighted by molar-refractivity contribution is 0.100. The van der Waals surface area contributed by atoms with Crippen LogP contribution in [0.4, 0.5) is 15.9 Å². The van der Waals surface area contributed by atoms with Crippen molar-refractivity contribution in [2.45, 2.75) is 12.8 Å². The van der Waals surface area contributed by atoms with E-state index in [0.29, 0.717) is 17.2 Å². The first kappa shape index (κ1) is 17.4. The van der Waals surface area contributed by atoms with Gasteiger partial charge in [-0.15, -0.1) is 0 Å². The number of aromatic nitrogens is 2. The molecule has 1 aromatic carbocycles. The van der Waals surface area contributed by atoms with E-state index in [9.17, 15) is 9.18 Å². The molecule has 7 nitrogen and oxygen atoms in total. The number of hydrogen-bond acceptors (Lipinski definition) is 5. The summed E-state index contributed by atoms with van der Waals surface area (Å²) >= 11 is 0. The van der Waals surface area contributed by atoms with Gasteiger partial charge in [-0.3, -0.25) is 9.89 Å². The summed E-state index contributed by atoms with van der Waals surface area (Å²) in [5.41, 5.74) is 19.3. The van der Waals surface area contributed by atoms with Gasteiger partial charge < -0.3 is 22.5 Å². The Morgan fingerprint density at radius 3 is 2.73 bits per heavy atom. The second-order valence-corrected chi connectivity index (χ2v) is 6.00. The second-order valence-electron chi connectivity index (χ2n) is 6.00. The Morgan fingerprint density at radius 1 is 1.42 bits per heavy atom. The summed E-state index contributed by atoms with van der Waals surface area (Å²) in [6.45, 7) is 0. The van der Waals surface area contributed by atoms with E-state index < -0.39 is 11.7 Å². The average molecular weight is 354 g/mol. The molecule has 26 heavy (non-hydrogen) atoms. The number of carbonyl (C=O) groups excluding carboxylic acids is 1. The van der Waals surface area contributed by atoms with Crippen molar-refractivity contribution in [3.05, 3.63) is 46.5 Å². The summed E-state index contributed by atoms with van der Waals surface area (Å²) in [4.78, 5) is 11.6. The molecule has 1 aliphatic carbocycles. The predicted octanol–water partition coefficient (Wildman–Crippen LogP) is 1.38. The number of anilines is 2. The van der Waals surface area contributed by atoms with Gasteiger partial charge in [0.1, 0.15) is 17.1 Å². The third kappa shape index (κ3) is 3.19. The molecule has 2 aromatic rings. The van der Waals surface area contributed by atoms with Gasteiger partial charge in [-0.05, 0) is 48.6 Å². The molecule has 0 saturated heterocycles. The van der Waals surface area contributed by atoms with Crippen LogP contribution in [-0.2, 0) is 0 Å². The average Bonchev–Trinajstić information content (AvgIpc) is 3.35. The van der Waals surface area contributed by atoms with Gasteiger partial charge in [0.05, 0.1) is 5.56 Å². The van der Waals surface area contributed by atoms with Gasteiger partial charge in [-0.25, -0.2) is 4.39 Å². The van der Waals surface area contributed by atoms with Crippen LogP contribution in [0.25, 0.3) is 5.57 Å². The van der Waals surface area contributed by atoms with E-state index in [0.717, 1.165) is 18.4 Å². The smallest absolute Gasteiger partial charge is 0.255 e. The summed E-state index contributed by atoms with van der Waals surface area (Å²) in [7, 11) is 1.60. The number of nitrogens with two attached hydrogens (primary N) is 3. The molecule has 1 heterocycles. The van der Waals surface area contributed by atoms with Crippen molar-refractivity contribution in [1.82, 2.24) is 10.2 Å². The minimum Gasteiger partial charge on any atom is -0.404 e. The summed E-state index contributed by atoms with van der Waals surface area (Å²) in [5, 5.41) is 9.25. The molecule has 1 aliphatic rings. The molecule has 0 bridgehead atoms. The maximum absolute atomic E-state index is 14.5. The Morgan fingerprint density at radius 2 is 2.15 bits per heavy atom. The summed E-state index contributed by atoms with van der Waals surface area (Å²) in [6.07, 6.45) is 3.53. The Kier molecular flexibility index (Phi) is 4.54. The molecular formula is C18H19FN6O. The normalized spacial score (nSPS) is 13.8. The first-order chi connectivity index (χ1) is 12.5. The number of benzene rings is 1. The Hall–Kier alpha value is -3.47. The monoisotopic (exact) mass is 354 g/mol. The number of nitrogen functional groups attached to an aromatic ring is 1. The van der Waals surface area contributed by atoms with Crippen molar-refractivity contribution >= 4 is 23.0 Å². The quantitative estimate of drug-likeness (QED) is 0.417. The zero-order valence-corrected chi connectivity index (χ0v) is 14.2. The third-order valence-electron chi connectivity index (χ3n) is 4.22. The molecule has 1 amide bonds. The van der Waals surface area contributed by atoms with Gasteiger partial charge in [0.25, 0.3) is 5.91 Å². The number of H-pyrrole nitrogens is 1. The number of nitrogens with zero attached hydrogens (tertiary/aromatic N) is 1. The van der Waals surface area contributed by atoms with Crippen molar-refractivity contribution in [2.24, 2.45) is 17.4 Å². The first-order valence-corrected chi connectivity index (χ1v) is 8.05. The molecule has 1 fully saturated rings. The van der Waals surface area contributed by atoms with Gasteiger partial charge >= 0.3 is 0 Å². The minimum absolute atomic E-state index is 0.106. The van der Waals surface area contributed by atoms with Crippen molar-refractivity contribution in [1.29, 1.82) is 0 Å². The highest BCUT2D eigenvalue weighted by Gasteiger charge is 2.28. The number of carbonyl (C=O) groups is 1. The largest absolute Gasteiger partial charge is 0.404 e. The number of halogens is 1. The fraction of sp³-hybridized carbons (Fsp3) is 0.222. The highest BCUT2D eigenvalue weighted by molar-refractivity contribution is 5.99. The van der Waals surface area contributed by atoms with Crippen molar-refractivity contribution in [3.8, 4) is 11.8 Å². The molecule has 1 saturated carbocycles. The highest BCUT2D eigenvalue weighted by Crippen LogP contribution is 2.43. The van der Waals surface area contributed by atoms with Crippen LogP contribution in [-0.4, -0.2) is 23.2 Å². The molecule has 0 spiro atoms. The number of aromatic amines is 1. The van der Waals surface area contributed by atoms with E-state index >= 15 is 0 Å². The van der Waals surface area contributed by atoms with Gasteiger partial charge in [-0.2, -0.15) is 5.10 Å². The van der Waals surface area contributed by atoms with Crippen LogP contribution in [0, 0.1) is 23.6 Å². The third-order valence-corrected chi connectivity index (χ3v) is 4.22. The number of allylic oxidation sites excluding steroid dienone is 1. The van der Waals surface area contributed by atoms with E-state index in [1.54, 1.807) is 7.05 Å². The number of hydrogen-bond donors (Lipinski definition) is 5. The molecule has 8 N–H and O–H groups in total. The lowest BCUT2D eigenvalue weighted by Crippen LogP contribution is -2.13. The minimum atomic E-state index is -0.690. The van der Waals surface area contributed by atoms with Gasteiger partial charge in [-0.1, -0.05) is 5.92 Å². The fourth-order valence-corrected chi connectivity index (χ4v) is 2.76. The van der Waals surface area contributed by atoms with E-state index in [2.05, 4.69) is 27.4 Å². The molecule has 0 radical (unpaired) electrons. The van der Waals surface area contributed by atoms with Crippen LogP contribution >= 0.6 is 0 Å². The maximum atomic E-state index is 14.5. The summed E-state index contributed by atoms with van der Waals surface area (Å²) in [5.74, 6) is 4.76. The Labute approximate surface area is 149 Å². The Balaban J connectivity index is 1.98. The number of nitrogens with one attached hydrogen (secondary N) is 2. The first-order valence-electron chi connectivity index (χ1n) is 8.05. The van der Waals surface area contributed by atoms with E-state index in [4.69, 9.17) is 17.2 Å². The van der Waals surface area contributed by atoms with E-state index in [-0.39, 0.29) is 22.6 Å². The van der Waals surface area contributed by atoms with Crippen molar-refractivity contribution in [3.63, 3.8) is 0 Å². The molecule has 1 aromatic heterocycles. The summed E-state index contributed by atoms with van der Waals surface area (Å²) in [6, 6.07) is 2.81. The van der Waals surface area contributed by atoms with Crippen LogP contribution in [0.1, 0.15) is 40.0 Å². The van der Waals surface area contributed by atoms with Crippen LogP contribution in [0.2, 0.25) is 0 Å². The zero-order valence-electron chi connectivity index (χ0n) is 14.2. The van der Waals surface area contributed by atoms with Crippen LogP contribution in [0.15, 0.2) is 18.3 Å². The number of rotatable bonds is 4. The topological polar surface area (TPSA) is 136 Å². The highest BCUT2D eigenvalue weighted by atomic mass is 19.1. The Bertz CT molecular complexity index is 962. The molecular weight excluding hydrogens is 335 g/mol. The molecule has 0 aliphatic heterocycles. The molecule has 0 unspecified atom stereocenters. The number of amides is 1. The summed E-state index contributed by atoms with van der Waals surface area (Å²) < 4.78 is 14.5. The number of primary amides is 1. The standard InChI is InChI=1S/C18H19FN6O/c1-23-18-16(17(22)26)15(24-25-18)5-4-10-6-14(21)11(7-13(10)19)12(8-20)9-2-3-9/h6-9H,2-3,20-21H2,1H3,(H2,22,26)(H2,23,24,25)/b12-8-. The van der Waals surface area contributed by atoms with Crippen LogP contribution in [0.3, 0.4) is 0 Å². The van der Waals surface area contributed by atoms with Crippen LogP contribution in [0.5, 0.6) is 0 Å². The molecule has 0 atom stereocenters. The lowest BCUT2D eigenvalue weighted by Gasteiger charge is -2.10. The fourth-order valence-electron chi connectivity index (χ4n) is 2.76. The SMILES string of the molecule is CNc1n[nH]c(C#Cc2cc(N)c(/C(=C\N)C3CC3)cc2F)c1C(N)=O. The van der Waals surface area contributed by atoms with Gasteiger partial charge in [0.15, 0.2) is 5.82 Å². The molecule has 8 heteroatoms. The maximum Gasteiger partial charge on any atom is 0.255 e. The van der Waals surface area contributed by atoms with Crippen LogP contribution < -0.4 is 22.5 Å².